The van der Waals surface area contributed by atoms with Gasteiger partial charge >= 0.3 is 0 Å². The highest BCUT2D eigenvalue weighted by molar-refractivity contribution is 4.64. The predicted octanol–water partition coefficient (Wildman–Crippen LogP) is 1.51. The predicted molar refractivity (Wildman–Crippen MR) is 122 cm³/mol. The van der Waals surface area contributed by atoms with E-state index in [9.17, 15) is 0 Å². The molecule has 2 rings (SSSR count). The molecule has 0 saturated heterocycles. The number of rotatable bonds is 8. The number of nitrogens with two attached hydrogens (primary N) is 2. The van der Waals surface area contributed by atoms with Gasteiger partial charge in [-0.2, -0.15) is 0 Å². The molecular weight excluding hydrogens is 356 g/mol. The molecule has 0 unspecified atom stereocenters. The van der Waals surface area contributed by atoms with Crippen molar-refractivity contribution in [1.82, 2.24) is 0 Å². The maximum Gasteiger partial charge on any atom is 0.0859 e. The highest BCUT2D eigenvalue weighted by Gasteiger charge is 2.16. The van der Waals surface area contributed by atoms with Crippen LogP contribution in [-0.4, -0.2) is 37.3 Å². The third-order valence-corrected chi connectivity index (χ3v) is 7.66. The largest absolute Gasteiger partial charge is 0.355 e. The van der Waals surface area contributed by atoms with Crippen molar-refractivity contribution in [3.05, 3.63) is 0 Å². The molecular formula is C25H56N4+4. The van der Waals surface area contributed by atoms with Crippen LogP contribution in [0.1, 0.15) is 122 Å². The monoisotopic (exact) mass is 412 g/mol. The molecule has 0 heterocycles. The zero-order valence-corrected chi connectivity index (χ0v) is 19.7. The Kier molecular flexibility index (Phi) is 14.3. The lowest BCUT2D eigenvalue weighted by molar-refractivity contribution is -0.693. The summed E-state index contributed by atoms with van der Waals surface area (Å²) in [5.74, 6) is 0. The van der Waals surface area contributed by atoms with Crippen molar-refractivity contribution in [2.24, 2.45) is 0 Å². The van der Waals surface area contributed by atoms with Gasteiger partial charge in [0, 0.05) is 0 Å². The molecule has 2 aliphatic carbocycles. The summed E-state index contributed by atoms with van der Waals surface area (Å²) in [6.45, 7) is 2.72. The van der Waals surface area contributed by atoms with E-state index in [1.54, 1.807) is 0 Å². The van der Waals surface area contributed by atoms with Crippen LogP contribution in [0, 0.1) is 0 Å². The minimum atomic E-state index is 0.727. The van der Waals surface area contributed by atoms with E-state index in [2.05, 4.69) is 22.1 Å². The maximum atomic E-state index is 4.31. The average Bonchev–Trinajstić information content (AvgIpc) is 2.72. The minimum Gasteiger partial charge on any atom is -0.355 e. The Morgan fingerprint density at radius 1 is 0.448 bits per heavy atom. The summed E-state index contributed by atoms with van der Waals surface area (Å²) in [5.41, 5.74) is 8.62. The van der Waals surface area contributed by atoms with Crippen LogP contribution in [0.3, 0.4) is 0 Å². The molecule has 0 aromatic carbocycles. The Labute approximate surface area is 181 Å². The van der Waals surface area contributed by atoms with Crippen LogP contribution in [0.25, 0.3) is 0 Å². The number of hydrogen-bond donors (Lipinski definition) is 4. The van der Waals surface area contributed by atoms with Crippen LogP contribution in [0.2, 0.25) is 0 Å². The van der Waals surface area contributed by atoms with Crippen LogP contribution < -0.4 is 22.1 Å². The topological polar surface area (TPSA) is 88.5 Å². The fourth-order valence-electron chi connectivity index (χ4n) is 5.58. The molecule has 2 aliphatic rings. The molecule has 0 atom stereocenters. The standard InChI is InChI=1S/C25H52N4/c26-22-12-2-6-16-24(17-7-3-13-22)28-20-10-1-11-21-29-25-18-8-4-14-23(27)15-5-9-19-25/h22-25,28-29H,1-21,26-27H2/p+4. The second-order valence-corrected chi connectivity index (χ2v) is 10.5. The van der Waals surface area contributed by atoms with E-state index < -0.39 is 0 Å². The summed E-state index contributed by atoms with van der Waals surface area (Å²) in [5, 5.41) is 5.40. The molecule has 29 heavy (non-hydrogen) atoms. The van der Waals surface area contributed by atoms with E-state index in [1.165, 1.54) is 135 Å². The van der Waals surface area contributed by atoms with Gasteiger partial charge < -0.3 is 22.1 Å². The van der Waals surface area contributed by atoms with Crippen molar-refractivity contribution in [3.8, 4) is 0 Å². The minimum absolute atomic E-state index is 0.727. The summed E-state index contributed by atoms with van der Waals surface area (Å²) < 4.78 is 0. The smallest absolute Gasteiger partial charge is 0.0859 e. The van der Waals surface area contributed by atoms with Gasteiger partial charge in [0.25, 0.3) is 0 Å². The quantitative estimate of drug-likeness (QED) is 0.436. The lowest BCUT2D eigenvalue weighted by Gasteiger charge is -2.19. The van der Waals surface area contributed by atoms with Gasteiger partial charge in [0.1, 0.15) is 0 Å². The van der Waals surface area contributed by atoms with E-state index in [0.717, 1.165) is 24.2 Å². The first-order valence-corrected chi connectivity index (χ1v) is 13.6. The fraction of sp³-hybridized carbons (Fsp3) is 1.00. The summed E-state index contributed by atoms with van der Waals surface area (Å²) in [6, 6.07) is 3.27. The Morgan fingerprint density at radius 2 is 0.759 bits per heavy atom. The van der Waals surface area contributed by atoms with Crippen molar-refractivity contribution in [2.75, 3.05) is 13.1 Å². The van der Waals surface area contributed by atoms with Gasteiger partial charge in [-0.25, -0.2) is 0 Å². The molecule has 10 N–H and O–H groups in total. The summed E-state index contributed by atoms with van der Waals surface area (Å²) in [7, 11) is 0. The molecule has 0 amide bonds. The lowest BCUT2D eigenvalue weighted by Crippen LogP contribution is -2.90. The second kappa shape index (κ2) is 16.5. The fourth-order valence-corrected chi connectivity index (χ4v) is 5.58. The van der Waals surface area contributed by atoms with E-state index in [1.807, 2.05) is 0 Å². The zero-order chi connectivity index (χ0) is 20.6. The van der Waals surface area contributed by atoms with Crippen LogP contribution in [-0.2, 0) is 0 Å². The third-order valence-electron chi connectivity index (χ3n) is 7.66. The van der Waals surface area contributed by atoms with E-state index in [-0.39, 0.29) is 0 Å². The molecule has 4 nitrogen and oxygen atoms in total. The van der Waals surface area contributed by atoms with Crippen molar-refractivity contribution < 1.29 is 22.1 Å². The Morgan fingerprint density at radius 3 is 1.10 bits per heavy atom. The lowest BCUT2D eigenvalue weighted by atomic mass is 9.95. The molecule has 0 spiro atoms. The van der Waals surface area contributed by atoms with Crippen molar-refractivity contribution in [2.45, 2.75) is 146 Å². The van der Waals surface area contributed by atoms with Gasteiger partial charge in [-0.05, 0) is 122 Å². The van der Waals surface area contributed by atoms with Gasteiger partial charge in [0.2, 0.25) is 0 Å². The number of unbranched alkanes of at least 4 members (excludes halogenated alkanes) is 2. The second-order valence-electron chi connectivity index (χ2n) is 10.5. The van der Waals surface area contributed by atoms with Gasteiger partial charge in [-0.3, -0.25) is 0 Å². The third kappa shape index (κ3) is 13.0. The number of hydrogen-bond acceptors (Lipinski definition) is 0. The first-order chi connectivity index (χ1) is 14.2. The SMILES string of the molecule is [NH3+]C1CCCCC([NH2+]CCCCC[NH2+]C2CCCCC([NH3+])CCCC2)CCCC1. The number of quaternary nitrogens is 4. The van der Waals surface area contributed by atoms with Gasteiger partial charge in [-0.15, -0.1) is 0 Å². The van der Waals surface area contributed by atoms with E-state index >= 15 is 0 Å². The Bertz CT molecular complexity index is 318. The first-order valence-electron chi connectivity index (χ1n) is 13.6. The van der Waals surface area contributed by atoms with Crippen molar-refractivity contribution in [3.63, 3.8) is 0 Å². The zero-order valence-electron chi connectivity index (χ0n) is 19.7. The van der Waals surface area contributed by atoms with Crippen LogP contribution in [0.5, 0.6) is 0 Å². The highest BCUT2D eigenvalue weighted by Crippen LogP contribution is 2.15. The highest BCUT2D eigenvalue weighted by atomic mass is 14.9. The molecule has 172 valence electrons. The normalized spacial score (nSPS) is 31.2. The molecule has 0 bridgehead atoms. The van der Waals surface area contributed by atoms with Crippen molar-refractivity contribution in [1.29, 1.82) is 0 Å². The molecule has 4 heteroatoms. The Hall–Kier alpha value is -0.160. The van der Waals surface area contributed by atoms with Crippen molar-refractivity contribution >= 4 is 0 Å². The molecule has 0 aromatic heterocycles. The molecule has 0 radical (unpaired) electrons. The van der Waals surface area contributed by atoms with E-state index in [0.29, 0.717) is 0 Å². The molecule has 0 aliphatic heterocycles. The average molecular weight is 413 g/mol. The van der Waals surface area contributed by atoms with E-state index in [4.69, 9.17) is 0 Å². The molecule has 2 saturated carbocycles. The van der Waals surface area contributed by atoms with Crippen LogP contribution in [0.4, 0.5) is 0 Å². The maximum absolute atomic E-state index is 4.31. The van der Waals surface area contributed by atoms with Crippen LogP contribution in [0.15, 0.2) is 0 Å². The molecule has 0 aromatic rings. The van der Waals surface area contributed by atoms with Gasteiger partial charge in [0.05, 0.1) is 37.3 Å². The Balaban J connectivity index is 1.47. The first kappa shape index (κ1) is 25.1. The van der Waals surface area contributed by atoms with Gasteiger partial charge in [-0.1, -0.05) is 0 Å². The summed E-state index contributed by atoms with van der Waals surface area (Å²) in [6.07, 6.45) is 26.8. The molecule has 2 fully saturated rings. The van der Waals surface area contributed by atoms with Crippen LogP contribution >= 0.6 is 0 Å². The summed E-state index contributed by atoms with van der Waals surface area (Å²) >= 11 is 0. The van der Waals surface area contributed by atoms with Gasteiger partial charge in [0.15, 0.2) is 0 Å². The summed E-state index contributed by atoms with van der Waals surface area (Å²) in [4.78, 5) is 0.